The molecule has 152 valence electrons. The first-order chi connectivity index (χ1) is 14.2. The Morgan fingerprint density at radius 1 is 0.862 bits per heavy atom. The summed E-state index contributed by atoms with van der Waals surface area (Å²) >= 11 is 0. The third-order valence-electron chi connectivity index (χ3n) is 4.03. The van der Waals surface area contributed by atoms with Crippen LogP contribution in [0.3, 0.4) is 0 Å². The molecule has 0 aliphatic rings. The van der Waals surface area contributed by atoms with E-state index in [-0.39, 0.29) is 0 Å². The van der Waals surface area contributed by atoms with E-state index in [1.165, 1.54) is 0 Å². The Labute approximate surface area is 169 Å². The Kier molecular flexibility index (Phi) is 6.57. The van der Waals surface area contributed by atoms with Crippen LogP contribution in [0, 0.1) is 0 Å². The predicted molar refractivity (Wildman–Crippen MR) is 112 cm³/mol. The zero-order valence-electron chi connectivity index (χ0n) is 16.9. The van der Waals surface area contributed by atoms with Crippen LogP contribution in [0.2, 0.25) is 0 Å². The molecule has 8 nitrogen and oxygen atoms in total. The summed E-state index contributed by atoms with van der Waals surface area (Å²) in [4.78, 5) is 8.80. The monoisotopic (exact) mass is 396 g/mol. The van der Waals surface area contributed by atoms with Gasteiger partial charge in [-0.05, 0) is 25.1 Å². The standard InChI is InChI=1S/C21H24N4O4/c1-5-29-16-9-7-6-8-15(16)24-19-10-11-22-21(25-19)23-14-12-17(26-2)20(28-4)18(13-14)27-3/h6-13H,5H2,1-4H3,(H2,22,23,24,25). The summed E-state index contributed by atoms with van der Waals surface area (Å²) in [6, 6.07) is 13.0. The molecule has 29 heavy (non-hydrogen) atoms. The molecule has 1 heterocycles. The lowest BCUT2D eigenvalue weighted by Crippen LogP contribution is -2.03. The van der Waals surface area contributed by atoms with E-state index in [4.69, 9.17) is 18.9 Å². The van der Waals surface area contributed by atoms with Gasteiger partial charge in [-0.2, -0.15) is 4.98 Å². The molecule has 0 spiro atoms. The van der Waals surface area contributed by atoms with Gasteiger partial charge in [-0.15, -0.1) is 0 Å². The van der Waals surface area contributed by atoms with E-state index in [2.05, 4.69) is 20.6 Å². The molecule has 0 bridgehead atoms. The number of nitrogens with zero attached hydrogens (tertiary/aromatic N) is 2. The third kappa shape index (κ3) is 4.78. The molecule has 2 aromatic carbocycles. The summed E-state index contributed by atoms with van der Waals surface area (Å²) in [7, 11) is 4.70. The van der Waals surface area contributed by atoms with Crippen molar-refractivity contribution in [2.45, 2.75) is 6.92 Å². The van der Waals surface area contributed by atoms with Crippen molar-refractivity contribution in [1.29, 1.82) is 0 Å². The molecule has 0 fully saturated rings. The van der Waals surface area contributed by atoms with Crippen molar-refractivity contribution in [1.82, 2.24) is 9.97 Å². The lowest BCUT2D eigenvalue weighted by Gasteiger charge is -2.15. The van der Waals surface area contributed by atoms with Gasteiger partial charge in [0.05, 0.1) is 33.6 Å². The van der Waals surface area contributed by atoms with Crippen molar-refractivity contribution in [2.75, 3.05) is 38.6 Å². The fourth-order valence-electron chi connectivity index (χ4n) is 2.76. The number of anilines is 4. The van der Waals surface area contributed by atoms with Crippen LogP contribution in [0.15, 0.2) is 48.7 Å². The van der Waals surface area contributed by atoms with Crippen molar-refractivity contribution >= 4 is 23.1 Å². The summed E-state index contributed by atoms with van der Waals surface area (Å²) in [5.41, 5.74) is 1.53. The van der Waals surface area contributed by atoms with Crippen LogP contribution in [0.4, 0.5) is 23.1 Å². The number of ether oxygens (including phenoxy) is 4. The Hall–Kier alpha value is -3.68. The lowest BCUT2D eigenvalue weighted by molar-refractivity contribution is 0.324. The third-order valence-corrected chi connectivity index (χ3v) is 4.03. The second-order valence-electron chi connectivity index (χ2n) is 5.86. The number of rotatable bonds is 9. The maximum atomic E-state index is 5.65. The Morgan fingerprint density at radius 2 is 1.59 bits per heavy atom. The normalized spacial score (nSPS) is 10.2. The van der Waals surface area contributed by atoms with Crippen molar-refractivity contribution in [3.63, 3.8) is 0 Å². The molecule has 0 saturated carbocycles. The fraction of sp³-hybridized carbons (Fsp3) is 0.238. The van der Waals surface area contributed by atoms with Crippen LogP contribution in [0.25, 0.3) is 0 Å². The molecule has 0 unspecified atom stereocenters. The van der Waals surface area contributed by atoms with Crippen LogP contribution < -0.4 is 29.6 Å². The molecule has 0 radical (unpaired) electrons. The van der Waals surface area contributed by atoms with Crippen LogP contribution in [0.1, 0.15) is 6.92 Å². The first kappa shape index (κ1) is 20.1. The van der Waals surface area contributed by atoms with Gasteiger partial charge in [0, 0.05) is 24.0 Å². The number of aromatic nitrogens is 2. The first-order valence-corrected chi connectivity index (χ1v) is 9.07. The molecule has 0 saturated heterocycles. The lowest BCUT2D eigenvalue weighted by atomic mass is 10.2. The zero-order valence-corrected chi connectivity index (χ0v) is 16.9. The summed E-state index contributed by atoms with van der Waals surface area (Å²) < 4.78 is 21.8. The maximum absolute atomic E-state index is 5.65. The molecular formula is C21H24N4O4. The average Bonchev–Trinajstić information content (AvgIpc) is 2.75. The van der Waals surface area contributed by atoms with Crippen molar-refractivity contribution in [3.05, 3.63) is 48.7 Å². The molecule has 0 aliphatic heterocycles. The van der Waals surface area contributed by atoms with E-state index >= 15 is 0 Å². The summed E-state index contributed by atoms with van der Waals surface area (Å²) in [6.07, 6.45) is 1.67. The second-order valence-corrected chi connectivity index (χ2v) is 5.86. The van der Waals surface area contributed by atoms with E-state index in [1.807, 2.05) is 31.2 Å². The summed E-state index contributed by atoms with van der Waals surface area (Å²) in [5, 5.41) is 6.42. The average molecular weight is 396 g/mol. The largest absolute Gasteiger partial charge is 0.493 e. The van der Waals surface area contributed by atoms with Crippen LogP contribution in [-0.2, 0) is 0 Å². The van der Waals surface area contributed by atoms with E-state index < -0.39 is 0 Å². The Bertz CT molecular complexity index is 940. The number of hydrogen-bond donors (Lipinski definition) is 2. The Balaban J connectivity index is 1.84. The SMILES string of the molecule is CCOc1ccccc1Nc1ccnc(Nc2cc(OC)c(OC)c(OC)c2)n1. The molecule has 0 aliphatic carbocycles. The van der Waals surface area contributed by atoms with Crippen LogP contribution in [0.5, 0.6) is 23.0 Å². The van der Waals surface area contributed by atoms with Crippen LogP contribution >= 0.6 is 0 Å². The van der Waals surface area contributed by atoms with Gasteiger partial charge >= 0.3 is 0 Å². The second kappa shape index (κ2) is 9.50. The zero-order chi connectivity index (χ0) is 20.6. The molecular weight excluding hydrogens is 372 g/mol. The van der Waals surface area contributed by atoms with Gasteiger partial charge in [-0.3, -0.25) is 0 Å². The van der Waals surface area contributed by atoms with E-state index in [9.17, 15) is 0 Å². The topological polar surface area (TPSA) is 86.8 Å². The van der Waals surface area contributed by atoms with Gasteiger partial charge in [0.15, 0.2) is 11.5 Å². The van der Waals surface area contributed by atoms with E-state index in [0.29, 0.717) is 41.3 Å². The summed E-state index contributed by atoms with van der Waals surface area (Å²) in [5.74, 6) is 3.39. The van der Waals surface area contributed by atoms with E-state index in [0.717, 1.165) is 11.4 Å². The van der Waals surface area contributed by atoms with Gasteiger partial charge in [-0.1, -0.05) is 12.1 Å². The minimum absolute atomic E-state index is 0.415. The Morgan fingerprint density at radius 3 is 2.24 bits per heavy atom. The molecule has 0 atom stereocenters. The van der Waals surface area contributed by atoms with E-state index in [1.54, 1.807) is 45.7 Å². The molecule has 3 rings (SSSR count). The van der Waals surface area contributed by atoms with Gasteiger partial charge in [0.25, 0.3) is 0 Å². The van der Waals surface area contributed by atoms with Gasteiger partial charge in [-0.25, -0.2) is 4.98 Å². The van der Waals surface area contributed by atoms with Crippen LogP contribution in [-0.4, -0.2) is 37.9 Å². The van der Waals surface area contributed by atoms with Crippen molar-refractivity contribution < 1.29 is 18.9 Å². The van der Waals surface area contributed by atoms with Gasteiger partial charge in [0.1, 0.15) is 11.6 Å². The predicted octanol–water partition coefficient (Wildman–Crippen LogP) is 4.39. The molecule has 2 N–H and O–H groups in total. The fourth-order valence-corrected chi connectivity index (χ4v) is 2.76. The number of hydrogen-bond acceptors (Lipinski definition) is 8. The highest BCUT2D eigenvalue weighted by Gasteiger charge is 2.14. The minimum Gasteiger partial charge on any atom is -0.493 e. The molecule has 0 amide bonds. The van der Waals surface area contributed by atoms with Crippen molar-refractivity contribution in [2.24, 2.45) is 0 Å². The molecule has 3 aromatic rings. The highest BCUT2D eigenvalue weighted by Crippen LogP contribution is 2.40. The van der Waals surface area contributed by atoms with Crippen molar-refractivity contribution in [3.8, 4) is 23.0 Å². The summed E-state index contributed by atoms with van der Waals surface area (Å²) in [6.45, 7) is 2.53. The molecule has 8 heteroatoms. The minimum atomic E-state index is 0.415. The highest BCUT2D eigenvalue weighted by molar-refractivity contribution is 5.67. The molecule has 1 aromatic heterocycles. The maximum Gasteiger partial charge on any atom is 0.229 e. The number of para-hydroxylation sites is 2. The van der Waals surface area contributed by atoms with Gasteiger partial charge in [0.2, 0.25) is 11.7 Å². The number of benzene rings is 2. The smallest absolute Gasteiger partial charge is 0.229 e. The number of nitrogens with one attached hydrogen (secondary N) is 2. The van der Waals surface area contributed by atoms with Gasteiger partial charge < -0.3 is 29.6 Å². The quantitative estimate of drug-likeness (QED) is 0.551. The number of methoxy groups -OCH3 is 3. The highest BCUT2D eigenvalue weighted by atomic mass is 16.5. The first-order valence-electron chi connectivity index (χ1n) is 9.07.